The van der Waals surface area contributed by atoms with E-state index in [0.29, 0.717) is 22.7 Å². The van der Waals surface area contributed by atoms with Crippen molar-refractivity contribution in [2.45, 2.75) is 0 Å². The van der Waals surface area contributed by atoms with E-state index in [1.54, 1.807) is 0 Å². The monoisotopic (exact) mass is 505 g/mol. The molecule has 4 heterocycles. The van der Waals surface area contributed by atoms with E-state index in [1.165, 1.54) is 0 Å². The first-order chi connectivity index (χ1) is 14.1. The lowest BCUT2D eigenvalue weighted by molar-refractivity contribution is 1.08. The van der Waals surface area contributed by atoms with E-state index in [0.717, 1.165) is 26.3 Å². The zero-order chi connectivity index (χ0) is 20.2. The van der Waals surface area contributed by atoms with E-state index < -0.39 is 0 Å². The first-order valence-electron chi connectivity index (χ1n) is 8.67. The Balaban J connectivity index is 1.72. The Hall–Kier alpha value is -3.08. The smallest absolute Gasteiger partial charge is 0.106 e. The summed E-state index contributed by atoms with van der Waals surface area (Å²) in [5.41, 5.74) is 4.69. The fraction of sp³-hybridized carbons (Fsp3) is 0. The van der Waals surface area contributed by atoms with Crippen molar-refractivity contribution in [1.29, 1.82) is 5.26 Å². The van der Waals surface area contributed by atoms with Crippen molar-refractivity contribution in [3.63, 3.8) is 0 Å². The van der Waals surface area contributed by atoms with Crippen LogP contribution in [0, 0.1) is 11.3 Å². The average molecular weight is 507 g/mol. The van der Waals surface area contributed by atoms with Gasteiger partial charge in [-0.15, -0.1) is 0 Å². The van der Waals surface area contributed by atoms with Crippen LogP contribution in [0.15, 0.2) is 87.7 Å². The van der Waals surface area contributed by atoms with Crippen LogP contribution < -0.4 is 5.32 Å². The molecule has 0 amide bonds. The maximum absolute atomic E-state index is 9.85. The fourth-order valence-corrected chi connectivity index (χ4v) is 3.53. The zero-order valence-electron chi connectivity index (χ0n) is 15.0. The van der Waals surface area contributed by atoms with Crippen LogP contribution in [0.4, 0.5) is 0 Å². The molecular formula is C22H13Br2N5. The highest BCUT2D eigenvalue weighted by Crippen LogP contribution is 2.25. The van der Waals surface area contributed by atoms with Crippen LogP contribution in [-0.2, 0) is 0 Å². The number of halogens is 2. The van der Waals surface area contributed by atoms with Gasteiger partial charge in [0.05, 0.1) is 34.2 Å². The molecule has 0 aromatic carbocycles. The van der Waals surface area contributed by atoms with Gasteiger partial charge in [-0.3, -0.25) is 0 Å². The topological polar surface area (TPSA) is 74.5 Å². The van der Waals surface area contributed by atoms with Crippen LogP contribution in [-0.4, -0.2) is 15.0 Å². The number of rotatable bonds is 3. The highest BCUT2D eigenvalue weighted by molar-refractivity contribution is 9.10. The van der Waals surface area contributed by atoms with Crippen LogP contribution in [0.3, 0.4) is 0 Å². The minimum Gasteiger partial charge on any atom is -0.353 e. The maximum Gasteiger partial charge on any atom is 0.106 e. The molecule has 3 aromatic heterocycles. The Bertz CT molecular complexity index is 1220. The van der Waals surface area contributed by atoms with E-state index in [1.807, 2.05) is 72.8 Å². The van der Waals surface area contributed by atoms with Crippen LogP contribution in [0.25, 0.3) is 22.7 Å². The summed E-state index contributed by atoms with van der Waals surface area (Å²) in [6.45, 7) is 0. The molecule has 0 saturated heterocycles. The first-order valence-corrected chi connectivity index (χ1v) is 10.3. The lowest BCUT2D eigenvalue weighted by Gasteiger charge is -2.16. The number of hydrogen-bond acceptors (Lipinski definition) is 5. The van der Waals surface area contributed by atoms with Gasteiger partial charge in [-0.2, -0.15) is 5.26 Å². The lowest BCUT2D eigenvalue weighted by atomic mass is 10.1. The summed E-state index contributed by atoms with van der Waals surface area (Å²) in [4.78, 5) is 13.6. The normalized spacial score (nSPS) is 14.6. The van der Waals surface area contributed by atoms with Gasteiger partial charge in [-0.05, 0) is 80.4 Å². The van der Waals surface area contributed by atoms with E-state index >= 15 is 0 Å². The molecule has 0 bridgehead atoms. The Morgan fingerprint density at radius 2 is 1.45 bits per heavy atom. The molecule has 5 nitrogen and oxygen atoms in total. The molecule has 4 rings (SSSR count). The summed E-state index contributed by atoms with van der Waals surface area (Å²) in [6.07, 6.45) is 5.66. The zero-order valence-corrected chi connectivity index (χ0v) is 18.1. The standard InChI is InChI=1S/C22H13Br2N5/c23-21-11-3-9-19(28-21)17-7-1-5-15(26-17)14(13-25)16-6-2-8-18(27-16)20-10-4-12-22(24)29-20/h1-12,26H/b15-14+. The van der Waals surface area contributed by atoms with Gasteiger partial charge in [0.25, 0.3) is 0 Å². The second-order valence-corrected chi connectivity index (χ2v) is 7.69. The van der Waals surface area contributed by atoms with Crippen molar-refractivity contribution >= 4 is 43.1 Å². The van der Waals surface area contributed by atoms with Crippen molar-refractivity contribution in [2.24, 2.45) is 0 Å². The molecule has 0 spiro atoms. The molecule has 1 N–H and O–H groups in total. The number of allylic oxidation sites excluding steroid dienone is 4. The van der Waals surface area contributed by atoms with Gasteiger partial charge < -0.3 is 5.32 Å². The van der Waals surface area contributed by atoms with Gasteiger partial charge >= 0.3 is 0 Å². The van der Waals surface area contributed by atoms with E-state index in [4.69, 9.17) is 0 Å². The summed E-state index contributed by atoms with van der Waals surface area (Å²) in [5, 5.41) is 13.2. The number of nitriles is 1. The van der Waals surface area contributed by atoms with Crippen LogP contribution in [0.1, 0.15) is 11.4 Å². The molecule has 0 saturated carbocycles. The predicted molar refractivity (Wildman–Crippen MR) is 120 cm³/mol. The van der Waals surface area contributed by atoms with E-state index in [-0.39, 0.29) is 0 Å². The highest BCUT2D eigenvalue weighted by Gasteiger charge is 2.15. The van der Waals surface area contributed by atoms with Gasteiger partial charge in [0, 0.05) is 0 Å². The summed E-state index contributed by atoms with van der Waals surface area (Å²) >= 11 is 6.77. The molecule has 0 atom stereocenters. The number of hydrogen-bond donors (Lipinski definition) is 1. The first kappa shape index (κ1) is 19.2. The van der Waals surface area contributed by atoms with Crippen molar-refractivity contribution < 1.29 is 0 Å². The third kappa shape index (κ3) is 4.34. The van der Waals surface area contributed by atoms with E-state index in [9.17, 15) is 5.26 Å². The summed E-state index contributed by atoms with van der Waals surface area (Å²) in [7, 11) is 0. The molecule has 0 aliphatic carbocycles. The Labute approximate surface area is 184 Å². The largest absolute Gasteiger partial charge is 0.353 e. The maximum atomic E-state index is 9.85. The van der Waals surface area contributed by atoms with Crippen molar-refractivity contribution in [3.8, 4) is 17.5 Å². The molecule has 1 aliphatic heterocycles. The molecule has 29 heavy (non-hydrogen) atoms. The fourth-order valence-electron chi connectivity index (χ4n) is 2.85. The van der Waals surface area contributed by atoms with Gasteiger partial charge in [0.2, 0.25) is 0 Å². The molecule has 0 unspecified atom stereocenters. The summed E-state index contributed by atoms with van der Waals surface area (Å²) < 4.78 is 1.48. The average Bonchev–Trinajstić information content (AvgIpc) is 2.75. The quantitative estimate of drug-likeness (QED) is 0.375. The summed E-state index contributed by atoms with van der Waals surface area (Å²) in [6, 6.07) is 19.2. The third-order valence-corrected chi connectivity index (χ3v) is 5.03. The van der Waals surface area contributed by atoms with Gasteiger partial charge in [-0.1, -0.05) is 24.3 Å². The number of nitrogens with zero attached hydrogens (tertiary/aromatic N) is 4. The number of aromatic nitrogens is 3. The minimum atomic E-state index is 0.443. The predicted octanol–water partition coefficient (Wildman–Crippen LogP) is 5.50. The lowest BCUT2D eigenvalue weighted by Crippen LogP contribution is -2.15. The number of dihydropyridines is 1. The highest BCUT2D eigenvalue weighted by atomic mass is 79.9. The second-order valence-electron chi connectivity index (χ2n) is 6.06. The molecule has 7 heteroatoms. The molecule has 0 radical (unpaired) electrons. The van der Waals surface area contributed by atoms with Gasteiger partial charge in [-0.25, -0.2) is 15.0 Å². The number of nitrogens with one attached hydrogen (secondary N) is 1. The second kappa shape index (κ2) is 8.52. The molecular weight excluding hydrogens is 494 g/mol. The van der Waals surface area contributed by atoms with Crippen molar-refractivity contribution in [2.75, 3.05) is 0 Å². The van der Waals surface area contributed by atoms with E-state index in [2.05, 4.69) is 58.2 Å². The SMILES string of the molecule is N#C/C(=C1/C=CC=C(c2cccc(Br)n2)N1)c1cccc(-c2cccc(Br)n2)n1. The Morgan fingerprint density at radius 3 is 2.14 bits per heavy atom. The molecule has 3 aromatic rings. The van der Waals surface area contributed by atoms with Crippen LogP contribution in [0.5, 0.6) is 0 Å². The van der Waals surface area contributed by atoms with Crippen molar-refractivity contribution in [3.05, 3.63) is 99.1 Å². The van der Waals surface area contributed by atoms with Crippen LogP contribution >= 0.6 is 31.9 Å². The molecule has 1 aliphatic rings. The van der Waals surface area contributed by atoms with Crippen LogP contribution in [0.2, 0.25) is 0 Å². The van der Waals surface area contributed by atoms with Crippen molar-refractivity contribution in [1.82, 2.24) is 20.3 Å². The van der Waals surface area contributed by atoms with Gasteiger partial charge in [0.15, 0.2) is 0 Å². The third-order valence-electron chi connectivity index (χ3n) is 4.15. The minimum absolute atomic E-state index is 0.443. The van der Waals surface area contributed by atoms with Gasteiger partial charge in [0.1, 0.15) is 20.8 Å². The molecule has 140 valence electrons. The Morgan fingerprint density at radius 1 is 0.828 bits per heavy atom. The number of pyridine rings is 3. The summed E-state index contributed by atoms with van der Waals surface area (Å²) in [5.74, 6) is 0. The molecule has 0 fully saturated rings. The Kier molecular flexibility index (Phi) is 5.65.